The molecule has 3 heterocycles. The minimum Gasteiger partial charge on any atom is -0.458 e. The lowest BCUT2D eigenvalue weighted by Gasteiger charge is -2.40. The topological polar surface area (TPSA) is 174 Å². The fraction of sp³-hybridized carbons (Fsp3) is 0.377. The zero-order valence-corrected chi connectivity index (χ0v) is 39.2. The van der Waals surface area contributed by atoms with Gasteiger partial charge in [-0.25, -0.2) is 19.4 Å². The van der Waals surface area contributed by atoms with Gasteiger partial charge in [0.2, 0.25) is 5.91 Å². The molecule has 6 aromatic rings. The van der Waals surface area contributed by atoms with Crippen LogP contribution in [0, 0.1) is 0 Å². The Hall–Kier alpha value is -6.93. The first-order valence-corrected chi connectivity index (χ1v) is 23.2. The zero-order valence-electron chi connectivity index (χ0n) is 39.2. The molecule has 4 aromatic carbocycles. The number of aromatic amines is 2. The van der Waals surface area contributed by atoms with Crippen molar-refractivity contribution in [1.82, 2.24) is 40.7 Å². The van der Waals surface area contributed by atoms with Gasteiger partial charge in [0.25, 0.3) is 0 Å². The number of carbonyl (C=O) groups excluding carboxylic acids is 4. The fourth-order valence-corrected chi connectivity index (χ4v) is 8.40. The van der Waals surface area contributed by atoms with Crippen LogP contribution in [0.15, 0.2) is 128 Å². The van der Waals surface area contributed by atoms with Crippen molar-refractivity contribution in [2.24, 2.45) is 0 Å². The van der Waals surface area contributed by atoms with E-state index in [1.807, 2.05) is 71.8 Å². The first kappa shape index (κ1) is 48.0. The molecule has 14 heteroatoms. The van der Waals surface area contributed by atoms with Crippen molar-refractivity contribution < 1.29 is 28.7 Å². The van der Waals surface area contributed by atoms with Gasteiger partial charge in [0.05, 0.1) is 17.5 Å². The molecule has 352 valence electrons. The average molecular weight is 909 g/mol. The largest absolute Gasteiger partial charge is 0.458 e. The molecule has 67 heavy (non-hydrogen) atoms. The molecule has 0 bridgehead atoms. The van der Waals surface area contributed by atoms with Crippen LogP contribution in [-0.4, -0.2) is 93.1 Å². The van der Waals surface area contributed by atoms with Gasteiger partial charge < -0.3 is 40.3 Å². The first-order valence-electron chi connectivity index (χ1n) is 23.2. The summed E-state index contributed by atoms with van der Waals surface area (Å²) in [6.45, 7) is 11.8. The van der Waals surface area contributed by atoms with Crippen LogP contribution in [0.5, 0.6) is 0 Å². The highest BCUT2D eigenvalue weighted by atomic mass is 16.6. The van der Waals surface area contributed by atoms with Crippen molar-refractivity contribution in [3.05, 3.63) is 161 Å². The van der Waals surface area contributed by atoms with E-state index in [-0.39, 0.29) is 25.1 Å². The van der Waals surface area contributed by atoms with E-state index >= 15 is 0 Å². The summed E-state index contributed by atoms with van der Waals surface area (Å²) in [6, 6.07) is 36.8. The third kappa shape index (κ3) is 12.9. The number of esters is 1. The Morgan fingerprint density at radius 2 is 1.39 bits per heavy atom. The molecular weight excluding hydrogens is 845 g/mol. The molecule has 1 fully saturated rings. The molecule has 0 aliphatic carbocycles. The highest BCUT2D eigenvalue weighted by Crippen LogP contribution is 2.31. The van der Waals surface area contributed by atoms with Crippen LogP contribution in [0.1, 0.15) is 99.7 Å². The van der Waals surface area contributed by atoms with Gasteiger partial charge in [0.1, 0.15) is 24.1 Å². The molecule has 1 aliphatic rings. The van der Waals surface area contributed by atoms with Crippen molar-refractivity contribution in [3.8, 4) is 0 Å². The Bertz CT molecular complexity index is 2510. The number of unbranched alkanes of at least 4 members (excludes halogenated alkanes) is 1. The summed E-state index contributed by atoms with van der Waals surface area (Å²) in [5.41, 5.74) is 3.86. The Kier molecular flexibility index (Phi) is 15.8. The number of amides is 4. The number of para-hydroxylation sites is 1. The number of hydrogen-bond donors (Lipinski definition) is 5. The van der Waals surface area contributed by atoms with E-state index in [0.29, 0.717) is 63.5 Å². The molecule has 7 rings (SSSR count). The van der Waals surface area contributed by atoms with Gasteiger partial charge >= 0.3 is 18.1 Å². The highest BCUT2D eigenvalue weighted by molar-refractivity contribution is 5.91. The number of nitrogens with one attached hydrogen (secondary N) is 5. The summed E-state index contributed by atoms with van der Waals surface area (Å²) in [6.07, 6.45) is 4.84. The minimum atomic E-state index is -1.17. The number of carbonyl (C=O) groups is 4. The van der Waals surface area contributed by atoms with Crippen molar-refractivity contribution in [1.29, 1.82) is 0 Å². The number of imidazole rings is 1. The van der Waals surface area contributed by atoms with Crippen LogP contribution in [0.25, 0.3) is 10.9 Å². The van der Waals surface area contributed by atoms with Crippen molar-refractivity contribution in [2.45, 2.75) is 96.1 Å². The number of piperazine rings is 1. The number of hydrogen-bond acceptors (Lipinski definition) is 8. The summed E-state index contributed by atoms with van der Waals surface area (Å²) in [5.74, 6) is -0.449. The molecule has 0 radical (unpaired) electrons. The maximum absolute atomic E-state index is 14.2. The SMILES string of the molecule is CC(C)(C)OC(=O)[C@@H](CCCCNC(=O)OCc1ccccc1)NC(=O)C(C)(C)c1cnc([C@@H](Cc2c[nH]c3ccccc23)NC(=O)N2CCN(C(c3ccccc3)c3ccccc3)CC2)[nH]1. The van der Waals surface area contributed by atoms with Crippen LogP contribution < -0.4 is 16.0 Å². The summed E-state index contributed by atoms with van der Waals surface area (Å²) in [5, 5.41) is 10.1. The van der Waals surface area contributed by atoms with E-state index in [4.69, 9.17) is 14.5 Å². The molecule has 0 unspecified atom stereocenters. The Morgan fingerprint density at radius 1 is 0.761 bits per heavy atom. The van der Waals surface area contributed by atoms with E-state index in [0.717, 1.165) is 22.0 Å². The Labute approximate surface area is 393 Å². The van der Waals surface area contributed by atoms with Gasteiger partial charge in [0.15, 0.2) is 0 Å². The number of urea groups is 1. The lowest BCUT2D eigenvalue weighted by molar-refractivity contribution is -0.159. The van der Waals surface area contributed by atoms with Crippen molar-refractivity contribution in [3.63, 3.8) is 0 Å². The third-order valence-electron chi connectivity index (χ3n) is 12.2. The number of fused-ring (bicyclic) bond motifs is 1. The quantitative estimate of drug-likeness (QED) is 0.0422. The second kappa shape index (κ2) is 22.0. The van der Waals surface area contributed by atoms with Crippen molar-refractivity contribution in [2.75, 3.05) is 32.7 Å². The average Bonchev–Trinajstić information content (AvgIpc) is 4.00. The molecule has 5 N–H and O–H groups in total. The molecule has 0 saturated carbocycles. The van der Waals surface area contributed by atoms with E-state index in [2.05, 4.69) is 85.4 Å². The van der Waals surface area contributed by atoms with E-state index < -0.39 is 41.1 Å². The molecule has 0 spiro atoms. The maximum Gasteiger partial charge on any atom is 0.407 e. The minimum absolute atomic E-state index is 0.0639. The molecule has 2 atom stereocenters. The predicted octanol–water partition coefficient (Wildman–Crippen LogP) is 8.49. The van der Waals surface area contributed by atoms with E-state index in [1.54, 1.807) is 40.8 Å². The monoisotopic (exact) mass is 908 g/mol. The predicted molar refractivity (Wildman–Crippen MR) is 259 cm³/mol. The maximum atomic E-state index is 14.2. The molecule has 14 nitrogen and oxygen atoms in total. The van der Waals surface area contributed by atoms with E-state index in [1.165, 1.54) is 11.1 Å². The summed E-state index contributed by atoms with van der Waals surface area (Å²) >= 11 is 0. The van der Waals surface area contributed by atoms with Crippen LogP contribution in [0.2, 0.25) is 0 Å². The van der Waals surface area contributed by atoms with Crippen LogP contribution in [-0.2, 0) is 37.5 Å². The van der Waals surface area contributed by atoms with Gasteiger partial charge in [0, 0.05) is 68.1 Å². The number of ether oxygens (including phenoxy) is 2. The molecule has 1 saturated heterocycles. The van der Waals surface area contributed by atoms with Gasteiger partial charge in [-0.3, -0.25) is 9.69 Å². The fourth-order valence-electron chi connectivity index (χ4n) is 8.40. The lowest BCUT2D eigenvalue weighted by atomic mass is 9.88. The summed E-state index contributed by atoms with van der Waals surface area (Å²) in [4.78, 5) is 70.1. The molecule has 4 amide bonds. The summed E-state index contributed by atoms with van der Waals surface area (Å²) in [7, 11) is 0. The van der Waals surface area contributed by atoms with Crippen LogP contribution >= 0.6 is 0 Å². The zero-order chi connectivity index (χ0) is 47.4. The number of nitrogens with zero attached hydrogens (tertiary/aromatic N) is 3. The number of aromatic nitrogens is 3. The first-order chi connectivity index (χ1) is 32.2. The van der Waals surface area contributed by atoms with Crippen LogP contribution in [0.4, 0.5) is 9.59 Å². The standard InChI is InChI=1S/C53H64N8O6/c1-52(2,3)67-48(62)43(27-17-18-28-54-51(65)66-36-37-19-9-6-10-20-37)57-49(63)53(4,5)45-35-56-47(59-45)44(33-40-34-55-42-26-16-15-25-41(40)42)58-50(64)61-31-29-60(30-32-61)46(38-21-11-7-12-22-38)39-23-13-8-14-24-39/h6-16,19-26,34-35,43-44,46,55H,17-18,27-33,36H2,1-5H3,(H,54,65)(H,56,59)(H,57,63)(H,58,64)/t43-,44-/m1/s1. The van der Waals surface area contributed by atoms with Gasteiger partial charge in [-0.2, -0.15) is 0 Å². The highest BCUT2D eigenvalue weighted by Gasteiger charge is 2.37. The molecule has 1 aliphatic heterocycles. The van der Waals surface area contributed by atoms with E-state index in [9.17, 15) is 19.2 Å². The Balaban J connectivity index is 1.01. The molecular formula is C53H64N8O6. The number of alkyl carbamates (subject to hydrolysis) is 1. The smallest absolute Gasteiger partial charge is 0.407 e. The van der Waals surface area contributed by atoms with Gasteiger partial charge in [-0.15, -0.1) is 0 Å². The second-order valence-corrected chi connectivity index (χ2v) is 18.7. The molecule has 2 aromatic heterocycles. The van der Waals surface area contributed by atoms with Gasteiger partial charge in [-0.1, -0.05) is 109 Å². The lowest BCUT2D eigenvalue weighted by Crippen LogP contribution is -2.53. The third-order valence-corrected chi connectivity index (χ3v) is 12.2. The second-order valence-electron chi connectivity index (χ2n) is 18.7. The number of rotatable bonds is 18. The number of H-pyrrole nitrogens is 2. The van der Waals surface area contributed by atoms with Crippen molar-refractivity contribution >= 4 is 34.9 Å². The van der Waals surface area contributed by atoms with Gasteiger partial charge in [-0.05, 0) is 82.2 Å². The normalized spacial score (nSPS) is 14.3. The summed E-state index contributed by atoms with van der Waals surface area (Å²) < 4.78 is 11.0. The van der Waals surface area contributed by atoms with Crippen LogP contribution in [0.3, 0.4) is 0 Å². The Morgan fingerprint density at radius 3 is 2.04 bits per heavy atom. The number of benzene rings is 4.